The van der Waals surface area contributed by atoms with Crippen molar-refractivity contribution < 1.29 is 19.1 Å². The van der Waals surface area contributed by atoms with Gasteiger partial charge in [-0.2, -0.15) is 0 Å². The standard InChI is InChI=1S/C16H33O4P/c1-2-3-4-5-6-7-8-9-10-11-12-13-14-16(15-17)21(18,19)20/h15-16H,2-14H2,1H3,(H2,18,19,20). The lowest BCUT2D eigenvalue weighted by Gasteiger charge is -2.11. The van der Waals surface area contributed by atoms with Gasteiger partial charge in [0.15, 0.2) is 0 Å². The first-order valence-corrected chi connectivity index (χ1v) is 10.2. The van der Waals surface area contributed by atoms with E-state index in [1.54, 1.807) is 0 Å². The molecule has 0 amide bonds. The smallest absolute Gasteiger partial charge is 0.324 e. The van der Waals surface area contributed by atoms with Crippen molar-refractivity contribution in [3.8, 4) is 0 Å². The predicted molar refractivity (Wildman–Crippen MR) is 87.6 cm³/mol. The minimum atomic E-state index is -4.23. The van der Waals surface area contributed by atoms with Crippen LogP contribution in [0.4, 0.5) is 0 Å². The fourth-order valence-corrected chi connectivity index (χ4v) is 3.19. The van der Waals surface area contributed by atoms with Crippen LogP contribution in [0.1, 0.15) is 90.4 Å². The second-order valence-electron chi connectivity index (χ2n) is 5.97. The Kier molecular flexibility index (Phi) is 13.4. The fraction of sp³-hybridized carbons (Fsp3) is 0.938. The minimum absolute atomic E-state index is 0.311. The number of unbranched alkanes of at least 4 members (excludes halogenated alkanes) is 11. The van der Waals surface area contributed by atoms with E-state index in [2.05, 4.69) is 6.92 Å². The third-order valence-electron chi connectivity index (χ3n) is 3.94. The minimum Gasteiger partial charge on any atom is -0.324 e. The first kappa shape index (κ1) is 20.8. The van der Waals surface area contributed by atoms with Gasteiger partial charge < -0.3 is 14.6 Å². The van der Waals surface area contributed by atoms with Crippen LogP contribution in [0.15, 0.2) is 0 Å². The summed E-state index contributed by atoms with van der Waals surface area (Å²) in [5, 5.41) is 0. The number of rotatable bonds is 15. The number of hydrogen-bond donors (Lipinski definition) is 2. The van der Waals surface area contributed by atoms with Gasteiger partial charge in [0.2, 0.25) is 0 Å². The van der Waals surface area contributed by atoms with Crippen molar-refractivity contribution in [3.63, 3.8) is 0 Å². The van der Waals surface area contributed by atoms with Gasteiger partial charge in [-0.1, -0.05) is 84.0 Å². The van der Waals surface area contributed by atoms with E-state index in [-0.39, 0.29) is 0 Å². The van der Waals surface area contributed by atoms with Gasteiger partial charge in [0.1, 0.15) is 11.9 Å². The molecule has 5 heteroatoms. The van der Waals surface area contributed by atoms with Crippen LogP contribution in [0.2, 0.25) is 0 Å². The van der Waals surface area contributed by atoms with Gasteiger partial charge in [-0.25, -0.2) is 0 Å². The second kappa shape index (κ2) is 13.5. The van der Waals surface area contributed by atoms with E-state index in [1.165, 1.54) is 57.8 Å². The number of aldehydes is 1. The molecule has 0 aliphatic carbocycles. The summed E-state index contributed by atoms with van der Waals surface area (Å²) in [5.74, 6) is 0. The zero-order valence-electron chi connectivity index (χ0n) is 13.5. The van der Waals surface area contributed by atoms with Crippen LogP contribution in [-0.4, -0.2) is 21.7 Å². The molecule has 126 valence electrons. The monoisotopic (exact) mass is 320 g/mol. The normalized spacial score (nSPS) is 13.3. The second-order valence-corrected chi connectivity index (χ2v) is 7.81. The van der Waals surface area contributed by atoms with E-state index in [0.717, 1.165) is 19.3 Å². The lowest BCUT2D eigenvalue weighted by atomic mass is 10.0. The molecule has 0 aliphatic rings. The summed E-state index contributed by atoms with van der Waals surface area (Å²) >= 11 is 0. The average Bonchev–Trinajstić information content (AvgIpc) is 2.42. The van der Waals surface area contributed by atoms with Crippen LogP contribution in [0.25, 0.3) is 0 Å². The van der Waals surface area contributed by atoms with Crippen molar-refractivity contribution in [1.29, 1.82) is 0 Å². The van der Waals surface area contributed by atoms with E-state index in [1.807, 2.05) is 0 Å². The van der Waals surface area contributed by atoms with E-state index in [4.69, 9.17) is 9.79 Å². The van der Waals surface area contributed by atoms with E-state index < -0.39 is 13.3 Å². The summed E-state index contributed by atoms with van der Waals surface area (Å²) in [5.41, 5.74) is -1.10. The number of carbonyl (C=O) groups excluding carboxylic acids is 1. The van der Waals surface area contributed by atoms with Crippen molar-refractivity contribution in [1.82, 2.24) is 0 Å². The molecule has 0 spiro atoms. The Balaban J connectivity index is 3.29. The Morgan fingerprint density at radius 3 is 1.52 bits per heavy atom. The van der Waals surface area contributed by atoms with Gasteiger partial charge in [-0.3, -0.25) is 4.57 Å². The summed E-state index contributed by atoms with van der Waals surface area (Å²) < 4.78 is 11.0. The van der Waals surface area contributed by atoms with Crippen molar-refractivity contribution in [2.45, 2.75) is 96.1 Å². The summed E-state index contributed by atoms with van der Waals surface area (Å²) in [6.45, 7) is 2.23. The molecule has 2 N–H and O–H groups in total. The molecule has 1 unspecified atom stereocenters. The van der Waals surface area contributed by atoms with Gasteiger partial charge in [0.05, 0.1) is 0 Å². The number of hydrogen-bond acceptors (Lipinski definition) is 2. The largest absolute Gasteiger partial charge is 0.335 e. The molecule has 0 radical (unpaired) electrons. The highest BCUT2D eigenvalue weighted by atomic mass is 31.2. The van der Waals surface area contributed by atoms with Crippen molar-refractivity contribution in [2.24, 2.45) is 0 Å². The maximum atomic E-state index is 11.0. The van der Waals surface area contributed by atoms with Crippen molar-refractivity contribution >= 4 is 13.9 Å². The zero-order valence-corrected chi connectivity index (χ0v) is 14.4. The molecule has 0 heterocycles. The highest BCUT2D eigenvalue weighted by Gasteiger charge is 2.27. The molecule has 0 aromatic heterocycles. The molecule has 0 aromatic rings. The van der Waals surface area contributed by atoms with Crippen LogP contribution in [0, 0.1) is 0 Å². The first-order chi connectivity index (χ1) is 10.0. The molecule has 0 aliphatic heterocycles. The molecule has 1 atom stereocenters. The molecule has 0 saturated carbocycles. The SMILES string of the molecule is CCCCCCCCCCCCCCC(C=O)P(=O)(O)O. The summed E-state index contributed by atoms with van der Waals surface area (Å²) in [6.07, 6.45) is 15.3. The van der Waals surface area contributed by atoms with Gasteiger partial charge in [0.25, 0.3) is 0 Å². The lowest BCUT2D eigenvalue weighted by Crippen LogP contribution is -2.09. The molecule has 0 rings (SSSR count). The Labute approximate surface area is 129 Å². The van der Waals surface area contributed by atoms with Crippen LogP contribution in [0.3, 0.4) is 0 Å². The molecular weight excluding hydrogens is 287 g/mol. The summed E-state index contributed by atoms with van der Waals surface area (Å²) in [7, 11) is -4.23. The topological polar surface area (TPSA) is 74.6 Å². The van der Waals surface area contributed by atoms with Gasteiger partial charge >= 0.3 is 7.60 Å². The maximum absolute atomic E-state index is 11.0. The lowest BCUT2D eigenvalue weighted by molar-refractivity contribution is -0.107. The summed E-state index contributed by atoms with van der Waals surface area (Å²) in [4.78, 5) is 28.5. The van der Waals surface area contributed by atoms with Gasteiger partial charge in [-0.15, -0.1) is 0 Å². The van der Waals surface area contributed by atoms with E-state index in [0.29, 0.717) is 12.7 Å². The van der Waals surface area contributed by atoms with Crippen LogP contribution >= 0.6 is 7.60 Å². The highest BCUT2D eigenvalue weighted by Crippen LogP contribution is 2.42. The Hall–Kier alpha value is -0.180. The average molecular weight is 320 g/mol. The number of carbonyl (C=O) groups is 1. The quantitative estimate of drug-likeness (QED) is 0.258. The van der Waals surface area contributed by atoms with E-state index >= 15 is 0 Å². The summed E-state index contributed by atoms with van der Waals surface area (Å²) in [6, 6.07) is 0. The van der Waals surface area contributed by atoms with Crippen molar-refractivity contribution in [2.75, 3.05) is 0 Å². The fourth-order valence-electron chi connectivity index (χ4n) is 2.51. The molecule has 0 bridgehead atoms. The first-order valence-electron chi connectivity index (χ1n) is 8.53. The van der Waals surface area contributed by atoms with Gasteiger partial charge in [0, 0.05) is 0 Å². The Morgan fingerprint density at radius 1 is 0.810 bits per heavy atom. The predicted octanol–water partition coefficient (Wildman–Crippen LogP) is 4.82. The van der Waals surface area contributed by atoms with Gasteiger partial charge in [-0.05, 0) is 6.42 Å². The Bertz CT molecular complexity index is 288. The molecular formula is C16H33O4P. The van der Waals surface area contributed by atoms with Crippen LogP contribution < -0.4 is 0 Å². The highest BCUT2D eigenvalue weighted by molar-refractivity contribution is 7.53. The third-order valence-corrected chi connectivity index (χ3v) is 5.19. The zero-order chi connectivity index (χ0) is 16.0. The molecule has 4 nitrogen and oxygen atoms in total. The molecule has 21 heavy (non-hydrogen) atoms. The third kappa shape index (κ3) is 13.2. The Morgan fingerprint density at radius 2 is 1.19 bits per heavy atom. The molecule has 0 fully saturated rings. The van der Waals surface area contributed by atoms with E-state index in [9.17, 15) is 9.36 Å². The van der Waals surface area contributed by atoms with Crippen LogP contribution in [-0.2, 0) is 9.36 Å². The molecule has 0 saturated heterocycles. The molecule has 0 aromatic carbocycles. The maximum Gasteiger partial charge on any atom is 0.335 e. The van der Waals surface area contributed by atoms with Crippen molar-refractivity contribution in [3.05, 3.63) is 0 Å². The van der Waals surface area contributed by atoms with Crippen LogP contribution in [0.5, 0.6) is 0 Å².